The van der Waals surface area contributed by atoms with Gasteiger partial charge < -0.3 is 5.73 Å². The molecule has 1 aliphatic heterocycles. The lowest BCUT2D eigenvalue weighted by Crippen LogP contribution is -2.52. The van der Waals surface area contributed by atoms with Crippen LogP contribution in [-0.4, -0.2) is 37.0 Å². The van der Waals surface area contributed by atoms with Crippen LogP contribution in [0.15, 0.2) is 0 Å². The molecule has 0 radical (unpaired) electrons. The van der Waals surface area contributed by atoms with Gasteiger partial charge in [-0.05, 0) is 5.92 Å². The summed E-state index contributed by atoms with van der Waals surface area (Å²) < 4.78 is 25.4. The molecule has 1 fully saturated rings. The maximum absolute atomic E-state index is 12.7. The first-order valence-electron chi connectivity index (χ1n) is 4.37. The minimum atomic E-state index is -2.70. The Morgan fingerprint density at radius 1 is 1.50 bits per heavy atom. The number of nitrogens with zero attached hydrogens (tertiary/aromatic N) is 1. The van der Waals surface area contributed by atoms with Gasteiger partial charge in [-0.1, -0.05) is 13.3 Å². The highest BCUT2D eigenvalue weighted by atomic mass is 19.3. The largest absolute Gasteiger partial charge is 0.325 e. The predicted octanol–water partition coefficient (Wildman–Crippen LogP) is 0.922. The SMILES string of the molecule is CCC1CN(CC(F)(F)CN)C1. The fourth-order valence-corrected chi connectivity index (χ4v) is 1.46. The van der Waals surface area contributed by atoms with Gasteiger partial charge in [-0.2, -0.15) is 0 Å². The van der Waals surface area contributed by atoms with Crippen LogP contribution >= 0.6 is 0 Å². The lowest BCUT2D eigenvalue weighted by atomic mass is 9.97. The van der Waals surface area contributed by atoms with Crippen LogP contribution in [0.2, 0.25) is 0 Å². The van der Waals surface area contributed by atoms with Crippen molar-refractivity contribution < 1.29 is 8.78 Å². The summed E-state index contributed by atoms with van der Waals surface area (Å²) >= 11 is 0. The average molecular weight is 178 g/mol. The van der Waals surface area contributed by atoms with Crippen molar-refractivity contribution in [3.63, 3.8) is 0 Å². The Bertz CT molecular complexity index is 144. The van der Waals surface area contributed by atoms with Gasteiger partial charge in [-0.15, -0.1) is 0 Å². The Kier molecular flexibility index (Phi) is 3.01. The summed E-state index contributed by atoms with van der Waals surface area (Å²) in [5.74, 6) is -2.07. The molecule has 12 heavy (non-hydrogen) atoms. The lowest BCUT2D eigenvalue weighted by molar-refractivity contribution is -0.0533. The van der Waals surface area contributed by atoms with Gasteiger partial charge >= 0.3 is 0 Å². The second-order valence-electron chi connectivity index (χ2n) is 3.53. The van der Waals surface area contributed by atoms with Crippen LogP contribution in [0.25, 0.3) is 0 Å². The van der Waals surface area contributed by atoms with E-state index in [2.05, 4.69) is 6.92 Å². The van der Waals surface area contributed by atoms with Gasteiger partial charge in [-0.25, -0.2) is 8.78 Å². The molecule has 0 aromatic carbocycles. The van der Waals surface area contributed by atoms with Crippen LogP contribution in [0, 0.1) is 5.92 Å². The van der Waals surface area contributed by atoms with Crippen molar-refractivity contribution in [2.24, 2.45) is 11.7 Å². The van der Waals surface area contributed by atoms with Crippen molar-refractivity contribution in [3.05, 3.63) is 0 Å². The summed E-state index contributed by atoms with van der Waals surface area (Å²) in [6.45, 7) is 3.00. The molecule has 2 N–H and O–H groups in total. The van der Waals surface area contributed by atoms with Gasteiger partial charge in [0.1, 0.15) is 0 Å². The maximum atomic E-state index is 12.7. The smallest absolute Gasteiger partial charge is 0.272 e. The number of hydrogen-bond acceptors (Lipinski definition) is 2. The number of likely N-dealkylation sites (tertiary alicyclic amines) is 1. The van der Waals surface area contributed by atoms with Crippen molar-refractivity contribution in [3.8, 4) is 0 Å². The van der Waals surface area contributed by atoms with E-state index in [1.54, 1.807) is 4.90 Å². The average Bonchev–Trinajstić information content (AvgIpc) is 1.96. The van der Waals surface area contributed by atoms with Crippen LogP contribution in [0.1, 0.15) is 13.3 Å². The van der Waals surface area contributed by atoms with Crippen molar-refractivity contribution in [1.82, 2.24) is 4.90 Å². The normalized spacial score (nSPS) is 21.0. The van der Waals surface area contributed by atoms with Gasteiger partial charge in [0.2, 0.25) is 0 Å². The number of rotatable bonds is 4. The Hall–Kier alpha value is -0.220. The summed E-state index contributed by atoms with van der Waals surface area (Å²) in [4.78, 5) is 1.76. The van der Waals surface area contributed by atoms with E-state index < -0.39 is 12.5 Å². The highest BCUT2D eigenvalue weighted by Crippen LogP contribution is 2.22. The summed E-state index contributed by atoms with van der Waals surface area (Å²) in [7, 11) is 0. The summed E-state index contributed by atoms with van der Waals surface area (Å²) in [6.07, 6.45) is 1.09. The Morgan fingerprint density at radius 2 is 2.08 bits per heavy atom. The first-order chi connectivity index (χ1) is 5.57. The third-order valence-electron chi connectivity index (χ3n) is 2.36. The highest BCUT2D eigenvalue weighted by molar-refractivity contribution is 4.83. The molecule has 0 amide bonds. The zero-order valence-electron chi connectivity index (χ0n) is 7.39. The number of nitrogens with two attached hydrogens (primary N) is 1. The Balaban J connectivity index is 2.18. The molecule has 0 aromatic heterocycles. The van der Waals surface area contributed by atoms with Crippen molar-refractivity contribution in [1.29, 1.82) is 0 Å². The molecular weight excluding hydrogens is 162 g/mol. The number of halogens is 2. The van der Waals surface area contributed by atoms with E-state index in [0.29, 0.717) is 5.92 Å². The molecule has 1 rings (SSSR count). The van der Waals surface area contributed by atoms with Gasteiger partial charge in [0.05, 0.1) is 13.1 Å². The van der Waals surface area contributed by atoms with Gasteiger partial charge in [0, 0.05) is 13.1 Å². The van der Waals surface area contributed by atoms with E-state index in [0.717, 1.165) is 19.5 Å². The second-order valence-corrected chi connectivity index (χ2v) is 3.53. The van der Waals surface area contributed by atoms with Crippen molar-refractivity contribution >= 4 is 0 Å². The Labute approximate surface area is 71.7 Å². The van der Waals surface area contributed by atoms with Crippen LogP contribution in [0.5, 0.6) is 0 Å². The molecule has 2 nitrogen and oxygen atoms in total. The third-order valence-corrected chi connectivity index (χ3v) is 2.36. The molecule has 0 atom stereocenters. The zero-order chi connectivity index (χ0) is 9.19. The molecule has 0 aliphatic carbocycles. The maximum Gasteiger partial charge on any atom is 0.272 e. The zero-order valence-corrected chi connectivity index (χ0v) is 7.39. The monoisotopic (exact) mass is 178 g/mol. The highest BCUT2D eigenvalue weighted by Gasteiger charge is 2.35. The topological polar surface area (TPSA) is 29.3 Å². The summed E-state index contributed by atoms with van der Waals surface area (Å²) in [5, 5.41) is 0. The first-order valence-corrected chi connectivity index (χ1v) is 4.37. The fourth-order valence-electron chi connectivity index (χ4n) is 1.46. The molecule has 4 heteroatoms. The van der Waals surface area contributed by atoms with E-state index >= 15 is 0 Å². The van der Waals surface area contributed by atoms with E-state index in [1.165, 1.54) is 0 Å². The molecule has 0 bridgehead atoms. The van der Waals surface area contributed by atoms with Crippen LogP contribution in [-0.2, 0) is 0 Å². The predicted molar refractivity (Wildman–Crippen MR) is 44.2 cm³/mol. The molecule has 0 saturated carbocycles. The van der Waals surface area contributed by atoms with Gasteiger partial charge in [0.15, 0.2) is 0 Å². The van der Waals surface area contributed by atoms with Gasteiger partial charge in [-0.3, -0.25) is 4.90 Å². The molecule has 0 aromatic rings. The van der Waals surface area contributed by atoms with Crippen molar-refractivity contribution in [2.45, 2.75) is 19.3 Å². The minimum Gasteiger partial charge on any atom is -0.325 e. The Morgan fingerprint density at radius 3 is 2.50 bits per heavy atom. The fraction of sp³-hybridized carbons (Fsp3) is 1.00. The first kappa shape index (κ1) is 9.86. The molecule has 1 saturated heterocycles. The van der Waals surface area contributed by atoms with E-state index in [9.17, 15) is 8.78 Å². The molecule has 1 heterocycles. The van der Waals surface area contributed by atoms with E-state index in [1.807, 2.05) is 0 Å². The molecule has 0 unspecified atom stereocenters. The molecule has 1 aliphatic rings. The van der Waals surface area contributed by atoms with E-state index in [-0.39, 0.29) is 6.54 Å². The molecule has 72 valence electrons. The molecule has 0 spiro atoms. The summed E-state index contributed by atoms with van der Waals surface area (Å²) in [6, 6.07) is 0. The standard InChI is InChI=1S/C8H16F2N2/c1-2-7-3-12(4-7)6-8(9,10)5-11/h7H,2-6,11H2,1H3. The quantitative estimate of drug-likeness (QED) is 0.693. The van der Waals surface area contributed by atoms with Crippen LogP contribution in [0.3, 0.4) is 0 Å². The number of hydrogen-bond donors (Lipinski definition) is 1. The summed E-state index contributed by atoms with van der Waals surface area (Å²) in [5.41, 5.74) is 4.92. The molecular formula is C8H16F2N2. The van der Waals surface area contributed by atoms with E-state index in [4.69, 9.17) is 5.73 Å². The minimum absolute atomic E-state index is 0.167. The lowest BCUT2D eigenvalue weighted by Gasteiger charge is -2.40. The van der Waals surface area contributed by atoms with Crippen molar-refractivity contribution in [2.75, 3.05) is 26.2 Å². The van der Waals surface area contributed by atoms with Crippen LogP contribution < -0.4 is 5.73 Å². The van der Waals surface area contributed by atoms with Gasteiger partial charge in [0.25, 0.3) is 5.92 Å². The van der Waals surface area contributed by atoms with Crippen LogP contribution in [0.4, 0.5) is 8.78 Å². The second kappa shape index (κ2) is 3.66. The third kappa shape index (κ3) is 2.38. The number of alkyl halides is 2.